The summed E-state index contributed by atoms with van der Waals surface area (Å²) in [5.74, 6) is -1.16. The van der Waals surface area contributed by atoms with Crippen molar-refractivity contribution in [1.82, 2.24) is 14.7 Å². The number of aromatic nitrogens is 2. The van der Waals surface area contributed by atoms with Gasteiger partial charge in [0.25, 0.3) is 10.0 Å². The Balaban J connectivity index is 2.12. The third-order valence-corrected chi connectivity index (χ3v) is 3.74. The fourth-order valence-electron chi connectivity index (χ4n) is 1.41. The molecular formula is C12H11N3O4S. The van der Waals surface area contributed by atoms with E-state index in [1.165, 1.54) is 6.07 Å². The van der Waals surface area contributed by atoms with Gasteiger partial charge in [-0.3, -0.25) is 4.98 Å². The first-order valence-corrected chi connectivity index (χ1v) is 7.06. The average Bonchev–Trinajstić information content (AvgIpc) is 2.46. The van der Waals surface area contributed by atoms with Crippen LogP contribution in [0.2, 0.25) is 0 Å². The van der Waals surface area contributed by atoms with E-state index in [-0.39, 0.29) is 17.1 Å². The lowest BCUT2D eigenvalue weighted by Crippen LogP contribution is -2.24. The lowest BCUT2D eigenvalue weighted by molar-refractivity contribution is 0.0696. The van der Waals surface area contributed by atoms with Crippen LogP contribution in [0.1, 0.15) is 16.1 Å². The van der Waals surface area contributed by atoms with Crippen molar-refractivity contribution in [3.8, 4) is 0 Å². The van der Waals surface area contributed by atoms with Crippen LogP contribution in [0.25, 0.3) is 0 Å². The minimum atomic E-state index is -3.79. The van der Waals surface area contributed by atoms with Gasteiger partial charge in [-0.15, -0.1) is 0 Å². The summed E-state index contributed by atoms with van der Waals surface area (Å²) < 4.78 is 26.2. The van der Waals surface area contributed by atoms with Crippen LogP contribution in [-0.2, 0) is 16.6 Å². The quantitative estimate of drug-likeness (QED) is 0.837. The van der Waals surface area contributed by atoms with Crippen molar-refractivity contribution in [1.29, 1.82) is 0 Å². The van der Waals surface area contributed by atoms with Gasteiger partial charge in [0, 0.05) is 12.4 Å². The maximum atomic E-state index is 11.9. The molecule has 104 valence electrons. The van der Waals surface area contributed by atoms with E-state index in [0.29, 0.717) is 5.69 Å². The lowest BCUT2D eigenvalue weighted by atomic mass is 10.3. The molecule has 2 rings (SSSR count). The zero-order valence-electron chi connectivity index (χ0n) is 10.2. The fraction of sp³-hybridized carbons (Fsp3) is 0.0833. The van der Waals surface area contributed by atoms with Gasteiger partial charge in [-0.25, -0.2) is 22.9 Å². The van der Waals surface area contributed by atoms with Gasteiger partial charge in [0.15, 0.2) is 5.03 Å². The van der Waals surface area contributed by atoms with Gasteiger partial charge in [0.05, 0.1) is 17.8 Å². The molecule has 8 heteroatoms. The fourth-order valence-corrected chi connectivity index (χ4v) is 2.34. The number of pyridine rings is 2. The molecular weight excluding hydrogens is 282 g/mol. The number of hydrogen-bond acceptors (Lipinski definition) is 5. The molecule has 0 aromatic carbocycles. The minimum absolute atomic E-state index is 0.0333. The monoisotopic (exact) mass is 293 g/mol. The number of carboxylic acids is 1. The molecule has 2 aromatic rings. The van der Waals surface area contributed by atoms with Crippen LogP contribution in [-0.4, -0.2) is 29.5 Å². The maximum absolute atomic E-state index is 11.9. The Morgan fingerprint density at radius 3 is 2.55 bits per heavy atom. The van der Waals surface area contributed by atoms with E-state index < -0.39 is 16.0 Å². The Morgan fingerprint density at radius 2 is 2.00 bits per heavy atom. The van der Waals surface area contributed by atoms with Gasteiger partial charge in [0.2, 0.25) is 0 Å². The number of nitrogens with zero attached hydrogens (tertiary/aromatic N) is 2. The summed E-state index contributed by atoms with van der Waals surface area (Å²) in [6.45, 7) is 0.0333. The van der Waals surface area contributed by atoms with Crippen LogP contribution >= 0.6 is 0 Å². The predicted molar refractivity (Wildman–Crippen MR) is 69.5 cm³/mol. The molecule has 0 aliphatic heterocycles. The summed E-state index contributed by atoms with van der Waals surface area (Å²) in [5, 5.41) is 8.48. The standard InChI is InChI=1S/C12H11N3O4S/c16-12(17)9-4-5-11(14-7-9)20(18,19)15-8-10-3-1-2-6-13-10/h1-7,15H,8H2,(H,16,17). The number of nitrogens with one attached hydrogen (secondary N) is 1. The summed E-state index contributed by atoms with van der Waals surface area (Å²) in [4.78, 5) is 18.3. The average molecular weight is 293 g/mol. The van der Waals surface area contributed by atoms with Crippen LogP contribution in [0.4, 0.5) is 0 Å². The molecule has 2 heterocycles. The first kappa shape index (κ1) is 14.1. The van der Waals surface area contributed by atoms with E-state index in [1.54, 1.807) is 24.4 Å². The molecule has 0 aliphatic rings. The van der Waals surface area contributed by atoms with Crippen LogP contribution in [0.15, 0.2) is 47.8 Å². The maximum Gasteiger partial charge on any atom is 0.337 e. The number of aromatic carboxylic acids is 1. The molecule has 0 amide bonds. The smallest absolute Gasteiger partial charge is 0.337 e. The highest BCUT2D eigenvalue weighted by Crippen LogP contribution is 2.07. The number of hydrogen-bond donors (Lipinski definition) is 2. The molecule has 0 bridgehead atoms. The first-order valence-electron chi connectivity index (χ1n) is 5.58. The first-order chi connectivity index (χ1) is 9.49. The van der Waals surface area contributed by atoms with Gasteiger partial charge in [0.1, 0.15) is 0 Å². The van der Waals surface area contributed by atoms with Crippen molar-refractivity contribution in [2.45, 2.75) is 11.6 Å². The zero-order valence-corrected chi connectivity index (χ0v) is 11.0. The van der Waals surface area contributed by atoms with Crippen LogP contribution in [0.5, 0.6) is 0 Å². The molecule has 0 radical (unpaired) electrons. The van der Waals surface area contributed by atoms with Crippen LogP contribution in [0, 0.1) is 0 Å². The van der Waals surface area contributed by atoms with Gasteiger partial charge < -0.3 is 5.11 Å². The van der Waals surface area contributed by atoms with Crippen molar-refractivity contribution in [3.05, 3.63) is 54.0 Å². The molecule has 20 heavy (non-hydrogen) atoms. The molecule has 0 fully saturated rings. The topological polar surface area (TPSA) is 109 Å². The summed E-state index contributed by atoms with van der Waals surface area (Å²) in [5.41, 5.74) is 0.493. The summed E-state index contributed by atoms with van der Waals surface area (Å²) in [6.07, 6.45) is 2.56. The summed E-state index contributed by atoms with van der Waals surface area (Å²) in [7, 11) is -3.79. The third-order valence-electron chi connectivity index (χ3n) is 2.43. The predicted octanol–water partition coefficient (Wildman–Crippen LogP) is 0.653. The highest BCUT2D eigenvalue weighted by atomic mass is 32.2. The Morgan fingerprint density at radius 1 is 1.20 bits per heavy atom. The van der Waals surface area contributed by atoms with Crippen molar-refractivity contribution < 1.29 is 18.3 Å². The number of carbonyl (C=O) groups is 1. The van der Waals surface area contributed by atoms with Crippen molar-refractivity contribution >= 4 is 16.0 Å². The van der Waals surface area contributed by atoms with E-state index >= 15 is 0 Å². The second-order valence-electron chi connectivity index (χ2n) is 3.84. The highest BCUT2D eigenvalue weighted by Gasteiger charge is 2.16. The largest absolute Gasteiger partial charge is 0.478 e. The number of carboxylic acid groups (broad SMARTS) is 1. The second-order valence-corrected chi connectivity index (χ2v) is 5.55. The van der Waals surface area contributed by atoms with E-state index in [0.717, 1.165) is 12.3 Å². The molecule has 0 spiro atoms. The molecule has 0 atom stereocenters. The van der Waals surface area contributed by atoms with Gasteiger partial charge in [-0.05, 0) is 24.3 Å². The van der Waals surface area contributed by atoms with Gasteiger partial charge >= 0.3 is 5.97 Å². The molecule has 0 saturated carbocycles. The number of rotatable bonds is 5. The van der Waals surface area contributed by atoms with Crippen LogP contribution in [0.3, 0.4) is 0 Å². The third kappa shape index (κ3) is 3.37. The van der Waals surface area contributed by atoms with Gasteiger partial charge in [-0.2, -0.15) is 0 Å². The Bertz CT molecular complexity index is 699. The molecule has 2 N–H and O–H groups in total. The molecule has 7 nitrogen and oxygen atoms in total. The normalized spacial score (nSPS) is 11.2. The van der Waals surface area contributed by atoms with Crippen molar-refractivity contribution in [3.63, 3.8) is 0 Å². The molecule has 0 unspecified atom stereocenters. The summed E-state index contributed by atoms with van der Waals surface area (Å²) in [6, 6.07) is 7.49. The highest BCUT2D eigenvalue weighted by molar-refractivity contribution is 7.89. The Labute approximate surface area is 115 Å². The number of sulfonamides is 1. The second kappa shape index (κ2) is 5.76. The van der Waals surface area contributed by atoms with E-state index in [1.807, 2.05) is 0 Å². The lowest BCUT2D eigenvalue weighted by Gasteiger charge is -2.05. The Hall–Kier alpha value is -2.32. The van der Waals surface area contributed by atoms with Crippen molar-refractivity contribution in [2.24, 2.45) is 0 Å². The van der Waals surface area contributed by atoms with Crippen LogP contribution < -0.4 is 4.72 Å². The van der Waals surface area contributed by atoms with E-state index in [2.05, 4.69) is 14.7 Å². The SMILES string of the molecule is O=C(O)c1ccc(S(=O)(=O)NCc2ccccn2)nc1. The van der Waals surface area contributed by atoms with E-state index in [4.69, 9.17) is 5.11 Å². The zero-order chi connectivity index (χ0) is 14.6. The Kier molecular flexibility index (Phi) is 4.06. The van der Waals surface area contributed by atoms with Crippen molar-refractivity contribution in [2.75, 3.05) is 0 Å². The molecule has 0 aliphatic carbocycles. The molecule has 2 aromatic heterocycles. The summed E-state index contributed by atoms with van der Waals surface area (Å²) >= 11 is 0. The minimum Gasteiger partial charge on any atom is -0.478 e. The van der Waals surface area contributed by atoms with Gasteiger partial charge in [-0.1, -0.05) is 6.07 Å². The molecule has 0 saturated heterocycles. The van der Waals surface area contributed by atoms with E-state index in [9.17, 15) is 13.2 Å².